The minimum Gasteiger partial charge on any atom is -0.465 e. The van der Waals surface area contributed by atoms with Crippen LogP contribution in [-0.4, -0.2) is 29.7 Å². The van der Waals surface area contributed by atoms with E-state index >= 15 is 0 Å². The quantitative estimate of drug-likeness (QED) is 0.766. The SMILES string of the molecule is Cc1ccc(CN(C)C(C)CO)o1. The topological polar surface area (TPSA) is 36.6 Å². The van der Waals surface area contributed by atoms with Gasteiger partial charge in [0.2, 0.25) is 0 Å². The predicted molar refractivity (Wildman–Crippen MR) is 51.5 cm³/mol. The molecule has 0 radical (unpaired) electrons. The average Bonchev–Trinajstić information content (AvgIpc) is 2.49. The Morgan fingerprint density at radius 2 is 2.23 bits per heavy atom. The lowest BCUT2D eigenvalue weighted by atomic mass is 10.3. The molecular formula is C10H17NO2. The summed E-state index contributed by atoms with van der Waals surface area (Å²) in [5.41, 5.74) is 0. The summed E-state index contributed by atoms with van der Waals surface area (Å²) in [6.07, 6.45) is 0. The first kappa shape index (κ1) is 10.3. The van der Waals surface area contributed by atoms with E-state index in [0.717, 1.165) is 18.1 Å². The molecule has 1 aromatic heterocycles. The number of rotatable bonds is 4. The second kappa shape index (κ2) is 4.44. The van der Waals surface area contributed by atoms with Gasteiger partial charge in [-0.15, -0.1) is 0 Å². The van der Waals surface area contributed by atoms with Gasteiger partial charge < -0.3 is 9.52 Å². The summed E-state index contributed by atoms with van der Waals surface area (Å²) in [5.74, 6) is 1.88. The molecule has 3 nitrogen and oxygen atoms in total. The summed E-state index contributed by atoms with van der Waals surface area (Å²) in [7, 11) is 1.97. The molecule has 3 heteroatoms. The Hall–Kier alpha value is -0.800. The molecule has 1 heterocycles. The minimum absolute atomic E-state index is 0.172. The van der Waals surface area contributed by atoms with Crippen molar-refractivity contribution >= 4 is 0 Å². The van der Waals surface area contributed by atoms with E-state index in [9.17, 15) is 0 Å². The van der Waals surface area contributed by atoms with Crippen LogP contribution in [-0.2, 0) is 6.54 Å². The maximum absolute atomic E-state index is 8.92. The smallest absolute Gasteiger partial charge is 0.118 e. The van der Waals surface area contributed by atoms with Gasteiger partial charge in [0.1, 0.15) is 11.5 Å². The summed E-state index contributed by atoms with van der Waals surface area (Å²) >= 11 is 0. The highest BCUT2D eigenvalue weighted by atomic mass is 16.3. The number of aliphatic hydroxyl groups is 1. The molecule has 0 aliphatic heterocycles. The molecule has 0 spiro atoms. The highest BCUT2D eigenvalue weighted by molar-refractivity contribution is 5.05. The maximum Gasteiger partial charge on any atom is 0.118 e. The maximum atomic E-state index is 8.92. The monoisotopic (exact) mass is 183 g/mol. The van der Waals surface area contributed by atoms with Crippen LogP contribution in [0.1, 0.15) is 18.4 Å². The van der Waals surface area contributed by atoms with Gasteiger partial charge in [-0.05, 0) is 33.0 Å². The van der Waals surface area contributed by atoms with Crippen molar-refractivity contribution in [1.29, 1.82) is 0 Å². The molecule has 1 rings (SSSR count). The number of hydrogen-bond acceptors (Lipinski definition) is 3. The first-order chi connectivity index (χ1) is 6.13. The van der Waals surface area contributed by atoms with Crippen LogP contribution < -0.4 is 0 Å². The van der Waals surface area contributed by atoms with Crippen LogP contribution in [0.25, 0.3) is 0 Å². The molecule has 1 aromatic rings. The summed E-state index contributed by atoms with van der Waals surface area (Å²) in [4.78, 5) is 2.05. The molecule has 0 aliphatic rings. The lowest BCUT2D eigenvalue weighted by Crippen LogP contribution is -2.31. The normalized spacial score (nSPS) is 13.6. The van der Waals surface area contributed by atoms with Crippen LogP contribution in [0.2, 0.25) is 0 Å². The Morgan fingerprint density at radius 3 is 2.69 bits per heavy atom. The fourth-order valence-corrected chi connectivity index (χ4v) is 1.11. The predicted octanol–water partition coefficient (Wildman–Crippen LogP) is 1.40. The Bertz CT molecular complexity index is 257. The molecule has 1 unspecified atom stereocenters. The number of aliphatic hydroxyl groups excluding tert-OH is 1. The van der Waals surface area contributed by atoms with Crippen molar-refractivity contribution in [1.82, 2.24) is 4.90 Å². The summed E-state index contributed by atoms with van der Waals surface area (Å²) in [5, 5.41) is 8.92. The largest absolute Gasteiger partial charge is 0.465 e. The van der Waals surface area contributed by atoms with E-state index in [1.165, 1.54) is 0 Å². The standard InChI is InChI=1S/C10H17NO2/c1-8(7-12)11(3)6-10-5-4-9(2)13-10/h4-5,8,12H,6-7H2,1-3H3. The fourth-order valence-electron chi connectivity index (χ4n) is 1.11. The third kappa shape index (κ3) is 2.86. The van der Waals surface area contributed by atoms with Crippen LogP contribution in [0.4, 0.5) is 0 Å². The molecule has 74 valence electrons. The molecule has 13 heavy (non-hydrogen) atoms. The molecule has 0 saturated carbocycles. The third-order valence-electron chi connectivity index (χ3n) is 2.22. The van der Waals surface area contributed by atoms with Gasteiger partial charge in [0.15, 0.2) is 0 Å². The van der Waals surface area contributed by atoms with Gasteiger partial charge >= 0.3 is 0 Å². The zero-order chi connectivity index (χ0) is 9.84. The second-order valence-corrected chi connectivity index (χ2v) is 3.46. The van der Waals surface area contributed by atoms with Gasteiger partial charge in [-0.1, -0.05) is 0 Å². The molecule has 0 amide bonds. The van der Waals surface area contributed by atoms with E-state index in [2.05, 4.69) is 4.90 Å². The van der Waals surface area contributed by atoms with Crippen molar-refractivity contribution in [2.24, 2.45) is 0 Å². The van der Waals surface area contributed by atoms with Crippen molar-refractivity contribution in [2.75, 3.05) is 13.7 Å². The Labute approximate surface area is 79.0 Å². The van der Waals surface area contributed by atoms with Crippen molar-refractivity contribution in [3.63, 3.8) is 0 Å². The van der Waals surface area contributed by atoms with E-state index in [0.29, 0.717) is 0 Å². The van der Waals surface area contributed by atoms with Crippen molar-refractivity contribution in [3.05, 3.63) is 23.7 Å². The zero-order valence-corrected chi connectivity index (χ0v) is 8.45. The number of nitrogens with zero attached hydrogens (tertiary/aromatic N) is 1. The Morgan fingerprint density at radius 1 is 1.54 bits per heavy atom. The van der Waals surface area contributed by atoms with Crippen LogP contribution in [0.3, 0.4) is 0 Å². The van der Waals surface area contributed by atoms with Gasteiger partial charge in [-0.3, -0.25) is 4.90 Å². The average molecular weight is 183 g/mol. The van der Waals surface area contributed by atoms with Crippen molar-refractivity contribution < 1.29 is 9.52 Å². The first-order valence-electron chi connectivity index (χ1n) is 4.50. The van der Waals surface area contributed by atoms with Gasteiger partial charge in [-0.25, -0.2) is 0 Å². The highest BCUT2D eigenvalue weighted by Gasteiger charge is 2.09. The van der Waals surface area contributed by atoms with Gasteiger partial charge in [0.25, 0.3) is 0 Å². The molecule has 0 aromatic carbocycles. The van der Waals surface area contributed by atoms with Gasteiger partial charge in [-0.2, -0.15) is 0 Å². The Kier molecular flexibility index (Phi) is 3.51. The van der Waals surface area contributed by atoms with Gasteiger partial charge in [0.05, 0.1) is 13.2 Å². The van der Waals surface area contributed by atoms with E-state index in [-0.39, 0.29) is 12.6 Å². The highest BCUT2D eigenvalue weighted by Crippen LogP contribution is 2.09. The molecule has 0 saturated heterocycles. The van der Waals surface area contributed by atoms with E-state index in [1.807, 2.05) is 33.0 Å². The fraction of sp³-hybridized carbons (Fsp3) is 0.600. The lowest BCUT2D eigenvalue weighted by molar-refractivity contribution is 0.146. The van der Waals surface area contributed by atoms with Crippen molar-refractivity contribution in [3.8, 4) is 0 Å². The molecule has 0 aliphatic carbocycles. The van der Waals surface area contributed by atoms with E-state index in [1.54, 1.807) is 0 Å². The molecular weight excluding hydrogens is 166 g/mol. The van der Waals surface area contributed by atoms with Crippen LogP contribution >= 0.6 is 0 Å². The van der Waals surface area contributed by atoms with Gasteiger partial charge in [0, 0.05) is 6.04 Å². The number of hydrogen-bond donors (Lipinski definition) is 1. The molecule has 1 atom stereocenters. The first-order valence-corrected chi connectivity index (χ1v) is 4.50. The summed E-state index contributed by atoms with van der Waals surface area (Å²) in [6.45, 7) is 4.83. The van der Waals surface area contributed by atoms with E-state index < -0.39 is 0 Å². The number of aryl methyl sites for hydroxylation is 1. The number of likely N-dealkylation sites (N-methyl/N-ethyl adjacent to an activating group) is 1. The molecule has 0 fully saturated rings. The summed E-state index contributed by atoms with van der Waals surface area (Å²) in [6, 6.07) is 4.09. The number of furan rings is 1. The second-order valence-electron chi connectivity index (χ2n) is 3.46. The zero-order valence-electron chi connectivity index (χ0n) is 8.45. The van der Waals surface area contributed by atoms with Crippen LogP contribution in [0.15, 0.2) is 16.5 Å². The molecule has 0 bridgehead atoms. The molecule has 1 N–H and O–H groups in total. The van der Waals surface area contributed by atoms with Crippen molar-refractivity contribution in [2.45, 2.75) is 26.4 Å². The summed E-state index contributed by atoms with van der Waals surface area (Å²) < 4.78 is 5.43. The van der Waals surface area contributed by atoms with Crippen LogP contribution in [0.5, 0.6) is 0 Å². The van der Waals surface area contributed by atoms with E-state index in [4.69, 9.17) is 9.52 Å². The Balaban J connectivity index is 2.49. The lowest BCUT2D eigenvalue weighted by Gasteiger charge is -2.21. The third-order valence-corrected chi connectivity index (χ3v) is 2.22. The minimum atomic E-state index is 0.172. The van der Waals surface area contributed by atoms with Crippen LogP contribution in [0, 0.1) is 6.92 Å².